The number of para-hydroxylation sites is 1. The van der Waals surface area contributed by atoms with Gasteiger partial charge in [-0.3, -0.25) is 4.99 Å². The topological polar surface area (TPSA) is 50.9 Å². The highest BCUT2D eigenvalue weighted by Gasteiger charge is 2.02. The third-order valence-electron chi connectivity index (χ3n) is 2.69. The third-order valence-corrected chi connectivity index (χ3v) is 2.69. The van der Waals surface area contributed by atoms with E-state index < -0.39 is 0 Å². The Bertz CT molecular complexity index is 399. The molecule has 0 radical (unpaired) electrons. The number of guanidine groups is 1. The molecule has 1 rings (SSSR count). The first kappa shape index (κ1) is 18.0. The number of nitrogens with two attached hydrogens (primary N) is 1. The average molecular weight is 377 g/mol. The summed E-state index contributed by atoms with van der Waals surface area (Å²) in [6, 6.07) is 6.16. The Morgan fingerprint density at radius 2 is 1.84 bits per heavy atom. The molecule has 1 aromatic rings. The van der Waals surface area contributed by atoms with Crippen molar-refractivity contribution in [3.8, 4) is 5.75 Å². The maximum atomic E-state index is 5.79. The van der Waals surface area contributed by atoms with Crippen molar-refractivity contribution < 1.29 is 4.74 Å². The molecule has 0 aliphatic carbocycles. The maximum absolute atomic E-state index is 5.79. The van der Waals surface area contributed by atoms with E-state index in [1.807, 2.05) is 20.2 Å². The molecule has 0 unspecified atom stereocenters. The van der Waals surface area contributed by atoms with Crippen LogP contribution in [-0.4, -0.2) is 38.1 Å². The zero-order valence-corrected chi connectivity index (χ0v) is 14.5. The number of hydrogen-bond donors (Lipinski definition) is 1. The lowest BCUT2D eigenvalue weighted by molar-refractivity contribution is 0.309. The van der Waals surface area contributed by atoms with Gasteiger partial charge < -0.3 is 15.4 Å². The molecule has 4 nitrogen and oxygen atoms in total. The molecule has 0 aromatic heterocycles. The van der Waals surface area contributed by atoms with Crippen LogP contribution in [0.25, 0.3) is 0 Å². The highest BCUT2D eigenvalue weighted by molar-refractivity contribution is 14.0. The number of aliphatic imine (C=N–C) groups is 1. The SMILES string of the molecule is Cc1cccc(C)c1OCCCN=C(N)N(C)C.I. The van der Waals surface area contributed by atoms with Crippen molar-refractivity contribution >= 4 is 29.9 Å². The maximum Gasteiger partial charge on any atom is 0.190 e. The van der Waals surface area contributed by atoms with E-state index in [1.54, 1.807) is 4.90 Å². The largest absolute Gasteiger partial charge is 0.493 e. The first-order chi connectivity index (χ1) is 8.52. The molecule has 0 saturated carbocycles. The van der Waals surface area contributed by atoms with Gasteiger partial charge in [0.2, 0.25) is 0 Å². The summed E-state index contributed by atoms with van der Waals surface area (Å²) in [6.07, 6.45) is 0.863. The predicted molar refractivity (Wildman–Crippen MR) is 91.6 cm³/mol. The smallest absolute Gasteiger partial charge is 0.190 e. The molecule has 0 saturated heterocycles. The molecule has 0 aliphatic heterocycles. The minimum Gasteiger partial charge on any atom is -0.493 e. The van der Waals surface area contributed by atoms with Gasteiger partial charge in [0.05, 0.1) is 6.61 Å². The predicted octanol–water partition coefficient (Wildman–Crippen LogP) is 2.57. The van der Waals surface area contributed by atoms with E-state index in [2.05, 4.69) is 31.0 Å². The molecule has 0 heterocycles. The van der Waals surface area contributed by atoms with Crippen LogP contribution in [0, 0.1) is 13.8 Å². The van der Waals surface area contributed by atoms with Crippen molar-refractivity contribution in [3.05, 3.63) is 29.3 Å². The minimum atomic E-state index is 0. The van der Waals surface area contributed by atoms with Gasteiger partial charge in [0, 0.05) is 27.1 Å². The Balaban J connectivity index is 0.00000324. The normalized spacial score (nSPS) is 10.8. The van der Waals surface area contributed by atoms with Gasteiger partial charge in [-0.15, -0.1) is 24.0 Å². The number of benzene rings is 1. The molecular weight excluding hydrogens is 353 g/mol. The quantitative estimate of drug-likeness (QED) is 0.371. The molecule has 0 atom stereocenters. The zero-order chi connectivity index (χ0) is 13.5. The third kappa shape index (κ3) is 6.13. The van der Waals surface area contributed by atoms with Gasteiger partial charge in [0.15, 0.2) is 5.96 Å². The molecular formula is C14H24IN3O. The fourth-order valence-corrected chi connectivity index (χ4v) is 1.60. The number of halogens is 1. The average Bonchev–Trinajstić information content (AvgIpc) is 2.31. The second kappa shape index (κ2) is 9.01. The number of nitrogens with zero attached hydrogens (tertiary/aromatic N) is 2. The molecule has 0 bridgehead atoms. The molecule has 0 spiro atoms. The van der Waals surface area contributed by atoms with Gasteiger partial charge in [-0.05, 0) is 25.0 Å². The van der Waals surface area contributed by atoms with Crippen molar-refractivity contribution in [2.45, 2.75) is 20.3 Å². The Morgan fingerprint density at radius 3 is 2.37 bits per heavy atom. The molecule has 0 fully saturated rings. The second-order valence-corrected chi connectivity index (χ2v) is 4.56. The molecule has 108 valence electrons. The van der Waals surface area contributed by atoms with Crippen molar-refractivity contribution in [1.82, 2.24) is 4.90 Å². The fourth-order valence-electron chi connectivity index (χ4n) is 1.60. The van der Waals surface area contributed by atoms with Crippen LogP contribution < -0.4 is 10.5 Å². The van der Waals surface area contributed by atoms with Crippen LogP contribution in [-0.2, 0) is 0 Å². The number of ether oxygens (including phenoxy) is 1. The number of aryl methyl sites for hydroxylation is 2. The monoisotopic (exact) mass is 377 g/mol. The Hall–Kier alpha value is -0.980. The highest BCUT2D eigenvalue weighted by atomic mass is 127. The lowest BCUT2D eigenvalue weighted by atomic mass is 10.1. The summed E-state index contributed by atoms with van der Waals surface area (Å²) in [7, 11) is 3.76. The fraction of sp³-hybridized carbons (Fsp3) is 0.500. The first-order valence-electron chi connectivity index (χ1n) is 6.18. The van der Waals surface area contributed by atoms with E-state index in [4.69, 9.17) is 10.5 Å². The van der Waals surface area contributed by atoms with Crippen molar-refractivity contribution in [2.24, 2.45) is 10.7 Å². The number of hydrogen-bond acceptors (Lipinski definition) is 2. The Labute approximate surface area is 133 Å². The van der Waals surface area contributed by atoms with E-state index in [0.717, 1.165) is 12.2 Å². The number of rotatable bonds is 5. The van der Waals surface area contributed by atoms with Gasteiger partial charge in [-0.2, -0.15) is 0 Å². The van der Waals surface area contributed by atoms with Crippen LogP contribution in [0.1, 0.15) is 17.5 Å². The van der Waals surface area contributed by atoms with Crippen molar-refractivity contribution in [1.29, 1.82) is 0 Å². The lowest BCUT2D eigenvalue weighted by Gasteiger charge is -2.12. The van der Waals surface area contributed by atoms with Gasteiger partial charge in [0.1, 0.15) is 5.75 Å². The second-order valence-electron chi connectivity index (χ2n) is 4.56. The van der Waals surface area contributed by atoms with Gasteiger partial charge >= 0.3 is 0 Å². The first-order valence-corrected chi connectivity index (χ1v) is 6.18. The standard InChI is InChI=1S/C14H23N3O.HI/c1-11-7-5-8-12(2)13(11)18-10-6-9-16-14(15)17(3)4;/h5,7-8H,6,9-10H2,1-4H3,(H2,15,16);1H. The summed E-state index contributed by atoms with van der Waals surface area (Å²) < 4.78 is 5.79. The van der Waals surface area contributed by atoms with Crippen LogP contribution in [0.5, 0.6) is 5.75 Å². The summed E-state index contributed by atoms with van der Waals surface area (Å²) in [4.78, 5) is 6.04. The van der Waals surface area contributed by atoms with Gasteiger partial charge in [-0.25, -0.2) is 0 Å². The van der Waals surface area contributed by atoms with E-state index in [1.165, 1.54) is 11.1 Å². The summed E-state index contributed by atoms with van der Waals surface area (Å²) in [5.41, 5.74) is 8.04. The molecule has 0 amide bonds. The molecule has 5 heteroatoms. The summed E-state index contributed by atoms with van der Waals surface area (Å²) in [6.45, 7) is 5.47. The summed E-state index contributed by atoms with van der Waals surface area (Å²) in [5.74, 6) is 1.55. The van der Waals surface area contributed by atoms with Crippen LogP contribution in [0.4, 0.5) is 0 Å². The lowest BCUT2D eigenvalue weighted by Crippen LogP contribution is -2.30. The molecule has 19 heavy (non-hydrogen) atoms. The highest BCUT2D eigenvalue weighted by Crippen LogP contribution is 2.22. The minimum absolute atomic E-state index is 0. The molecule has 0 aliphatic rings. The van der Waals surface area contributed by atoms with Crippen LogP contribution in [0.15, 0.2) is 23.2 Å². The van der Waals surface area contributed by atoms with Crippen molar-refractivity contribution in [3.63, 3.8) is 0 Å². The van der Waals surface area contributed by atoms with E-state index in [0.29, 0.717) is 19.1 Å². The Morgan fingerprint density at radius 1 is 1.26 bits per heavy atom. The summed E-state index contributed by atoms with van der Waals surface area (Å²) >= 11 is 0. The van der Waals surface area contributed by atoms with Crippen LogP contribution in [0.3, 0.4) is 0 Å². The van der Waals surface area contributed by atoms with Gasteiger partial charge in [-0.1, -0.05) is 18.2 Å². The Kier molecular flexibility index (Phi) is 8.54. The molecule has 2 N–H and O–H groups in total. The van der Waals surface area contributed by atoms with E-state index in [9.17, 15) is 0 Å². The molecule has 1 aromatic carbocycles. The van der Waals surface area contributed by atoms with E-state index >= 15 is 0 Å². The van der Waals surface area contributed by atoms with Gasteiger partial charge in [0.25, 0.3) is 0 Å². The van der Waals surface area contributed by atoms with Crippen LogP contribution >= 0.6 is 24.0 Å². The van der Waals surface area contributed by atoms with E-state index in [-0.39, 0.29) is 24.0 Å². The van der Waals surface area contributed by atoms with Crippen LogP contribution in [0.2, 0.25) is 0 Å². The summed E-state index contributed by atoms with van der Waals surface area (Å²) in [5, 5.41) is 0. The van der Waals surface area contributed by atoms with Crippen molar-refractivity contribution in [2.75, 3.05) is 27.2 Å². The zero-order valence-electron chi connectivity index (χ0n) is 12.1.